The molecule has 5 nitrogen and oxygen atoms in total. The number of nitrogens with zero attached hydrogens (tertiary/aromatic N) is 3. The number of hydrogen-bond acceptors (Lipinski definition) is 5. The second kappa shape index (κ2) is 4.94. The van der Waals surface area contributed by atoms with Gasteiger partial charge >= 0.3 is 5.97 Å². The van der Waals surface area contributed by atoms with Crippen LogP contribution in [0.2, 0.25) is 0 Å². The lowest BCUT2D eigenvalue weighted by Crippen LogP contribution is -2.12. The predicted octanol–water partition coefficient (Wildman–Crippen LogP) is 1.53. The maximum atomic E-state index is 10.7. The van der Waals surface area contributed by atoms with Crippen molar-refractivity contribution in [3.8, 4) is 6.07 Å². The molecule has 0 radical (unpaired) electrons. The van der Waals surface area contributed by atoms with Crippen LogP contribution in [0.15, 0.2) is 5.03 Å². The van der Waals surface area contributed by atoms with Crippen LogP contribution in [0.3, 0.4) is 0 Å². The molecule has 0 aliphatic heterocycles. The molecule has 0 spiro atoms. The molecule has 84 valence electrons. The molecule has 0 saturated carbocycles. The Labute approximate surface area is 97.5 Å². The number of hydrogen-bond donors (Lipinski definition) is 1. The zero-order chi connectivity index (χ0) is 12.3. The van der Waals surface area contributed by atoms with Gasteiger partial charge in [-0.05, 0) is 26.3 Å². The molecule has 1 heterocycles. The van der Waals surface area contributed by atoms with Crippen molar-refractivity contribution in [1.29, 1.82) is 5.26 Å². The highest BCUT2D eigenvalue weighted by atomic mass is 32.2. The third kappa shape index (κ3) is 2.49. The van der Waals surface area contributed by atoms with E-state index in [4.69, 9.17) is 10.4 Å². The second-order valence-electron chi connectivity index (χ2n) is 3.30. The van der Waals surface area contributed by atoms with E-state index < -0.39 is 11.2 Å². The zero-order valence-electron chi connectivity index (χ0n) is 9.18. The normalized spacial score (nSPS) is 11.9. The van der Waals surface area contributed by atoms with Crippen LogP contribution in [0.25, 0.3) is 0 Å². The second-order valence-corrected chi connectivity index (χ2v) is 4.63. The summed E-state index contributed by atoms with van der Waals surface area (Å²) in [5.41, 5.74) is 1.84. The fourth-order valence-corrected chi connectivity index (χ4v) is 1.86. The van der Waals surface area contributed by atoms with Crippen LogP contribution in [0, 0.1) is 25.2 Å². The summed E-state index contributed by atoms with van der Waals surface area (Å²) in [4.78, 5) is 10.7. The van der Waals surface area contributed by atoms with Crippen molar-refractivity contribution in [2.24, 2.45) is 0 Å². The molecule has 1 atom stereocenters. The number of rotatable bonds is 3. The molecule has 16 heavy (non-hydrogen) atoms. The standard InChI is InChI=1S/C10H11N3O2S/c1-5-6(2)12-13-9(8(5)4-11)16-7(3)10(14)15/h7H,1-3H3,(H,14,15). The average molecular weight is 237 g/mol. The Hall–Kier alpha value is -1.61. The smallest absolute Gasteiger partial charge is 0.316 e. The van der Waals surface area contributed by atoms with Crippen molar-refractivity contribution in [3.05, 3.63) is 16.8 Å². The van der Waals surface area contributed by atoms with E-state index in [-0.39, 0.29) is 0 Å². The maximum absolute atomic E-state index is 10.7. The summed E-state index contributed by atoms with van der Waals surface area (Å²) in [6.45, 7) is 5.08. The number of aryl methyl sites for hydroxylation is 1. The van der Waals surface area contributed by atoms with E-state index in [1.807, 2.05) is 6.07 Å². The summed E-state index contributed by atoms with van der Waals surface area (Å²) in [5, 5.41) is 25.2. The van der Waals surface area contributed by atoms with Gasteiger partial charge in [0.15, 0.2) is 0 Å². The van der Waals surface area contributed by atoms with E-state index >= 15 is 0 Å². The summed E-state index contributed by atoms with van der Waals surface area (Å²) in [6.07, 6.45) is 0. The number of nitriles is 1. The Bertz CT molecular complexity index is 468. The van der Waals surface area contributed by atoms with E-state index in [1.165, 1.54) is 0 Å². The Morgan fingerprint density at radius 2 is 2.12 bits per heavy atom. The van der Waals surface area contributed by atoms with E-state index in [1.54, 1.807) is 20.8 Å². The first-order valence-corrected chi connectivity index (χ1v) is 5.48. The zero-order valence-corrected chi connectivity index (χ0v) is 10.00. The van der Waals surface area contributed by atoms with Gasteiger partial charge in [0.25, 0.3) is 0 Å². The van der Waals surface area contributed by atoms with Gasteiger partial charge in [-0.25, -0.2) is 0 Å². The van der Waals surface area contributed by atoms with Crippen LogP contribution in [0.4, 0.5) is 0 Å². The van der Waals surface area contributed by atoms with Crippen molar-refractivity contribution in [1.82, 2.24) is 10.2 Å². The van der Waals surface area contributed by atoms with Gasteiger partial charge < -0.3 is 5.11 Å². The van der Waals surface area contributed by atoms with Crippen molar-refractivity contribution in [2.75, 3.05) is 0 Å². The molecule has 0 amide bonds. The SMILES string of the molecule is Cc1nnc(SC(C)C(=O)O)c(C#N)c1C. The Morgan fingerprint density at radius 1 is 1.50 bits per heavy atom. The van der Waals surface area contributed by atoms with Gasteiger partial charge in [0.05, 0.1) is 11.3 Å². The number of carbonyl (C=O) groups is 1. The van der Waals surface area contributed by atoms with Crippen molar-refractivity contribution in [2.45, 2.75) is 31.0 Å². The highest BCUT2D eigenvalue weighted by Gasteiger charge is 2.18. The lowest BCUT2D eigenvalue weighted by atomic mass is 10.1. The number of carboxylic acid groups (broad SMARTS) is 1. The van der Waals surface area contributed by atoms with Crippen molar-refractivity contribution < 1.29 is 9.90 Å². The fourth-order valence-electron chi connectivity index (χ4n) is 1.02. The van der Waals surface area contributed by atoms with E-state index in [0.717, 1.165) is 17.3 Å². The highest BCUT2D eigenvalue weighted by Crippen LogP contribution is 2.26. The third-order valence-corrected chi connectivity index (χ3v) is 3.23. The first-order chi connectivity index (χ1) is 7.47. The van der Waals surface area contributed by atoms with Crippen LogP contribution in [-0.4, -0.2) is 26.5 Å². The van der Waals surface area contributed by atoms with E-state index in [9.17, 15) is 4.79 Å². The van der Waals surface area contributed by atoms with Crippen LogP contribution in [-0.2, 0) is 4.79 Å². The maximum Gasteiger partial charge on any atom is 0.316 e. The molecule has 0 saturated heterocycles. The summed E-state index contributed by atoms with van der Waals surface area (Å²) < 4.78 is 0. The fraction of sp³-hybridized carbons (Fsp3) is 0.400. The molecule has 0 bridgehead atoms. The molecule has 1 rings (SSSR count). The minimum absolute atomic E-state index is 0.375. The van der Waals surface area contributed by atoms with E-state index in [2.05, 4.69) is 10.2 Å². The summed E-state index contributed by atoms with van der Waals surface area (Å²) >= 11 is 1.03. The Kier molecular flexibility index (Phi) is 3.85. The number of aliphatic carboxylic acids is 1. The Balaban J connectivity index is 3.11. The summed E-state index contributed by atoms with van der Waals surface area (Å²) in [6, 6.07) is 2.03. The van der Waals surface area contributed by atoms with Crippen molar-refractivity contribution >= 4 is 17.7 Å². The molecule has 1 N–H and O–H groups in total. The molecule has 0 aromatic carbocycles. The molecule has 0 aliphatic rings. The number of carboxylic acids is 1. The predicted molar refractivity (Wildman–Crippen MR) is 59.2 cm³/mol. The number of aromatic nitrogens is 2. The third-order valence-electron chi connectivity index (χ3n) is 2.17. The molecule has 6 heteroatoms. The van der Waals surface area contributed by atoms with Gasteiger partial charge in [-0.3, -0.25) is 4.79 Å². The van der Waals surface area contributed by atoms with Gasteiger partial charge in [-0.2, -0.15) is 10.4 Å². The minimum atomic E-state index is -0.936. The highest BCUT2D eigenvalue weighted by molar-refractivity contribution is 8.00. The molecule has 1 aromatic heterocycles. The van der Waals surface area contributed by atoms with Gasteiger partial charge in [0, 0.05) is 0 Å². The first kappa shape index (κ1) is 12.5. The van der Waals surface area contributed by atoms with E-state index in [0.29, 0.717) is 16.3 Å². The van der Waals surface area contributed by atoms with Crippen LogP contribution in [0.5, 0.6) is 0 Å². The topological polar surface area (TPSA) is 86.9 Å². The molecule has 1 unspecified atom stereocenters. The minimum Gasteiger partial charge on any atom is -0.480 e. The molecule has 0 fully saturated rings. The lowest BCUT2D eigenvalue weighted by molar-refractivity contribution is -0.136. The van der Waals surface area contributed by atoms with Gasteiger partial charge in [-0.1, -0.05) is 11.8 Å². The van der Waals surface area contributed by atoms with Crippen LogP contribution in [0.1, 0.15) is 23.7 Å². The van der Waals surface area contributed by atoms with Gasteiger partial charge in [-0.15, -0.1) is 5.10 Å². The van der Waals surface area contributed by atoms with Crippen LogP contribution < -0.4 is 0 Å². The molecule has 1 aromatic rings. The molecular weight excluding hydrogens is 226 g/mol. The lowest BCUT2D eigenvalue weighted by Gasteiger charge is -2.08. The average Bonchev–Trinajstić information content (AvgIpc) is 2.23. The quantitative estimate of drug-likeness (QED) is 0.802. The molecular formula is C10H11N3O2S. The largest absolute Gasteiger partial charge is 0.480 e. The first-order valence-electron chi connectivity index (χ1n) is 4.60. The monoisotopic (exact) mass is 237 g/mol. The van der Waals surface area contributed by atoms with Gasteiger partial charge in [0.1, 0.15) is 16.3 Å². The molecule has 0 aliphatic carbocycles. The summed E-state index contributed by atoms with van der Waals surface area (Å²) in [7, 11) is 0. The summed E-state index contributed by atoms with van der Waals surface area (Å²) in [5.74, 6) is -0.936. The Morgan fingerprint density at radius 3 is 2.62 bits per heavy atom. The van der Waals surface area contributed by atoms with Gasteiger partial charge in [0.2, 0.25) is 0 Å². The number of thioether (sulfide) groups is 1. The van der Waals surface area contributed by atoms with Crippen LogP contribution >= 0.6 is 11.8 Å². The van der Waals surface area contributed by atoms with Crippen molar-refractivity contribution in [3.63, 3.8) is 0 Å².